The second-order valence-electron chi connectivity index (χ2n) is 3.97. The lowest BCUT2D eigenvalue weighted by Crippen LogP contribution is -2.31. The maximum Gasteiger partial charge on any atom is 0.289 e. The van der Waals surface area contributed by atoms with Gasteiger partial charge in [0.1, 0.15) is 0 Å². The normalized spacial score (nSPS) is 11.1. The first-order valence-corrected chi connectivity index (χ1v) is 8.26. The second-order valence-corrected chi connectivity index (χ2v) is 6.62. The maximum absolute atomic E-state index is 12.1. The molecule has 0 saturated heterocycles. The molecule has 0 aliphatic carbocycles. The predicted molar refractivity (Wildman–Crippen MR) is 79.3 cm³/mol. The zero-order chi connectivity index (χ0) is 16.0. The van der Waals surface area contributed by atoms with Crippen LogP contribution in [0.5, 0.6) is 0 Å². The van der Waals surface area contributed by atoms with Gasteiger partial charge >= 0.3 is 0 Å². The Morgan fingerprint density at radius 3 is 2.67 bits per heavy atom. The number of nitro groups is 1. The van der Waals surface area contributed by atoms with Crippen molar-refractivity contribution in [1.29, 1.82) is 0 Å². The lowest BCUT2D eigenvalue weighted by molar-refractivity contribution is -0.387. The van der Waals surface area contributed by atoms with Gasteiger partial charge in [0.2, 0.25) is 15.9 Å². The minimum atomic E-state index is -4.07. The van der Waals surface area contributed by atoms with Crippen LogP contribution in [0.4, 0.5) is 5.69 Å². The molecule has 8 nitrogen and oxygen atoms in total. The molecule has 21 heavy (non-hydrogen) atoms. The number of hydrogen-bond acceptors (Lipinski definition) is 5. The third-order valence-corrected chi connectivity index (χ3v) is 4.41. The highest BCUT2D eigenvalue weighted by atomic mass is 79.9. The Morgan fingerprint density at radius 1 is 1.43 bits per heavy atom. The van der Waals surface area contributed by atoms with E-state index >= 15 is 0 Å². The van der Waals surface area contributed by atoms with Crippen molar-refractivity contribution in [3.8, 4) is 0 Å². The van der Waals surface area contributed by atoms with Crippen LogP contribution in [0, 0.1) is 10.1 Å². The minimum absolute atomic E-state index is 0.0468. The number of carbonyl (C=O) groups excluding carboxylic acids is 1. The van der Waals surface area contributed by atoms with Crippen LogP contribution < -0.4 is 10.0 Å². The number of amides is 1. The second kappa shape index (κ2) is 7.48. The Kier molecular flexibility index (Phi) is 6.24. The van der Waals surface area contributed by atoms with Crippen LogP contribution in [0.3, 0.4) is 0 Å². The van der Waals surface area contributed by atoms with E-state index in [1.54, 1.807) is 6.92 Å². The van der Waals surface area contributed by atoms with Crippen molar-refractivity contribution in [2.75, 3.05) is 13.1 Å². The molecule has 0 aliphatic rings. The van der Waals surface area contributed by atoms with Crippen molar-refractivity contribution in [2.24, 2.45) is 0 Å². The average Bonchev–Trinajstić information content (AvgIpc) is 2.38. The van der Waals surface area contributed by atoms with Crippen LogP contribution >= 0.6 is 15.9 Å². The van der Waals surface area contributed by atoms with E-state index < -0.39 is 25.5 Å². The summed E-state index contributed by atoms with van der Waals surface area (Å²) in [5.41, 5.74) is -0.524. The summed E-state index contributed by atoms with van der Waals surface area (Å²) in [5.74, 6) is -0.302. The Balaban J connectivity index is 2.90. The fourth-order valence-electron chi connectivity index (χ4n) is 1.52. The molecule has 0 aliphatic heterocycles. The summed E-state index contributed by atoms with van der Waals surface area (Å²) in [6.45, 7) is 2.05. The van der Waals surface area contributed by atoms with Gasteiger partial charge in [0.15, 0.2) is 4.90 Å². The zero-order valence-electron chi connectivity index (χ0n) is 11.1. The molecule has 116 valence electrons. The molecule has 0 atom stereocenters. The molecular formula is C11H14BrN3O5S. The van der Waals surface area contributed by atoms with E-state index in [1.165, 1.54) is 6.07 Å². The van der Waals surface area contributed by atoms with Crippen molar-refractivity contribution in [3.05, 3.63) is 32.8 Å². The third-order valence-electron chi connectivity index (χ3n) is 2.43. The standard InChI is InChI=1S/C11H14BrN3O5S/c1-2-13-11(16)5-6-14-21(19,20)10-7-8(12)3-4-9(10)15(17)18/h3-4,7,14H,2,5-6H2,1H3,(H,13,16). The largest absolute Gasteiger partial charge is 0.356 e. The lowest BCUT2D eigenvalue weighted by Gasteiger charge is -2.07. The Bertz CT molecular complexity index is 647. The number of nitro benzene ring substituents is 1. The molecule has 10 heteroatoms. The van der Waals surface area contributed by atoms with E-state index in [9.17, 15) is 23.3 Å². The highest BCUT2D eigenvalue weighted by molar-refractivity contribution is 9.10. The highest BCUT2D eigenvalue weighted by Crippen LogP contribution is 2.26. The first-order chi connectivity index (χ1) is 9.77. The van der Waals surface area contributed by atoms with Gasteiger partial charge in [0.05, 0.1) is 4.92 Å². The molecule has 0 bridgehead atoms. The van der Waals surface area contributed by atoms with Gasteiger partial charge in [-0.2, -0.15) is 0 Å². The molecule has 1 aromatic rings. The monoisotopic (exact) mass is 379 g/mol. The van der Waals surface area contributed by atoms with E-state index in [2.05, 4.69) is 26.0 Å². The molecule has 0 heterocycles. The van der Waals surface area contributed by atoms with Crippen LogP contribution in [0.2, 0.25) is 0 Å². The van der Waals surface area contributed by atoms with Crippen LogP contribution in [0.1, 0.15) is 13.3 Å². The van der Waals surface area contributed by atoms with Crippen molar-refractivity contribution in [3.63, 3.8) is 0 Å². The molecule has 1 amide bonds. The van der Waals surface area contributed by atoms with Crippen LogP contribution in [0.25, 0.3) is 0 Å². The first-order valence-electron chi connectivity index (χ1n) is 5.98. The van der Waals surface area contributed by atoms with Crippen LogP contribution in [-0.4, -0.2) is 32.3 Å². The quantitative estimate of drug-likeness (QED) is 0.544. The van der Waals surface area contributed by atoms with Gasteiger partial charge in [0, 0.05) is 30.0 Å². The van der Waals surface area contributed by atoms with Crippen molar-refractivity contribution in [1.82, 2.24) is 10.0 Å². The number of carbonyl (C=O) groups is 1. The first kappa shape index (κ1) is 17.5. The smallest absolute Gasteiger partial charge is 0.289 e. The van der Waals surface area contributed by atoms with Gasteiger partial charge in [-0.25, -0.2) is 13.1 Å². The van der Waals surface area contributed by atoms with Gasteiger partial charge in [-0.15, -0.1) is 0 Å². The number of nitrogens with one attached hydrogen (secondary N) is 2. The average molecular weight is 380 g/mol. The summed E-state index contributed by atoms with van der Waals surface area (Å²) in [5, 5.41) is 13.4. The van der Waals surface area contributed by atoms with Crippen LogP contribution in [-0.2, 0) is 14.8 Å². The van der Waals surface area contributed by atoms with Gasteiger partial charge in [-0.1, -0.05) is 15.9 Å². The highest BCUT2D eigenvalue weighted by Gasteiger charge is 2.25. The molecular weight excluding hydrogens is 366 g/mol. The fraction of sp³-hybridized carbons (Fsp3) is 0.364. The molecule has 0 aromatic heterocycles. The zero-order valence-corrected chi connectivity index (χ0v) is 13.5. The summed E-state index contributed by atoms with van der Waals surface area (Å²) < 4.78 is 26.7. The van der Waals surface area contributed by atoms with Gasteiger partial charge in [-0.3, -0.25) is 14.9 Å². The van der Waals surface area contributed by atoms with Crippen LogP contribution in [0.15, 0.2) is 27.6 Å². The summed E-state index contributed by atoms with van der Waals surface area (Å²) in [6.07, 6.45) is -0.0468. The molecule has 0 unspecified atom stereocenters. The van der Waals surface area contributed by atoms with Crippen molar-refractivity contribution < 1.29 is 18.1 Å². The molecule has 0 spiro atoms. The molecule has 0 radical (unpaired) electrons. The van der Waals surface area contributed by atoms with E-state index in [-0.39, 0.29) is 18.9 Å². The third kappa shape index (κ3) is 5.06. The Hall–Kier alpha value is -1.52. The molecule has 0 saturated carbocycles. The van der Waals surface area contributed by atoms with Gasteiger partial charge in [0.25, 0.3) is 5.69 Å². The number of halogens is 1. The fourth-order valence-corrected chi connectivity index (χ4v) is 3.26. The van der Waals surface area contributed by atoms with Crippen molar-refractivity contribution in [2.45, 2.75) is 18.2 Å². The number of rotatable bonds is 7. The molecule has 1 aromatic carbocycles. The van der Waals surface area contributed by atoms with E-state index in [0.29, 0.717) is 11.0 Å². The summed E-state index contributed by atoms with van der Waals surface area (Å²) in [7, 11) is -4.07. The van der Waals surface area contributed by atoms with Gasteiger partial charge < -0.3 is 5.32 Å². The summed E-state index contributed by atoms with van der Waals surface area (Å²) in [4.78, 5) is 20.9. The molecule has 1 rings (SSSR count). The summed E-state index contributed by atoms with van der Waals surface area (Å²) in [6, 6.07) is 3.63. The predicted octanol–water partition coefficient (Wildman–Crippen LogP) is 1.16. The summed E-state index contributed by atoms with van der Waals surface area (Å²) >= 11 is 3.07. The number of benzene rings is 1. The lowest BCUT2D eigenvalue weighted by atomic mass is 10.3. The maximum atomic E-state index is 12.1. The van der Waals surface area contributed by atoms with Crippen molar-refractivity contribution >= 4 is 37.5 Å². The molecule has 0 fully saturated rings. The molecule has 2 N–H and O–H groups in total. The van der Waals surface area contributed by atoms with Gasteiger partial charge in [-0.05, 0) is 19.1 Å². The van der Waals surface area contributed by atoms with E-state index in [1.807, 2.05) is 0 Å². The number of sulfonamides is 1. The topological polar surface area (TPSA) is 118 Å². The number of nitrogens with zero attached hydrogens (tertiary/aromatic N) is 1. The Labute approximate surface area is 130 Å². The van der Waals surface area contributed by atoms with E-state index in [0.717, 1.165) is 12.1 Å². The SMILES string of the molecule is CCNC(=O)CCNS(=O)(=O)c1cc(Br)ccc1[N+](=O)[O-]. The Morgan fingerprint density at radius 2 is 2.10 bits per heavy atom. The van der Waals surface area contributed by atoms with E-state index in [4.69, 9.17) is 0 Å². The minimum Gasteiger partial charge on any atom is -0.356 e. The number of hydrogen-bond donors (Lipinski definition) is 2.